The van der Waals surface area contributed by atoms with Crippen molar-refractivity contribution in [2.24, 2.45) is 0 Å². The SMILES string of the molecule is COc1ccc(C(=O)NCC(c2c(F)cccc2Cl)N2CCCC2)cc1. The van der Waals surface area contributed by atoms with E-state index in [1.54, 1.807) is 43.5 Å². The third kappa shape index (κ3) is 4.17. The molecule has 0 aliphatic carbocycles. The minimum atomic E-state index is -0.340. The maximum atomic E-state index is 14.4. The molecule has 0 radical (unpaired) electrons. The van der Waals surface area contributed by atoms with E-state index >= 15 is 0 Å². The number of carbonyl (C=O) groups is 1. The molecule has 1 heterocycles. The first-order valence-corrected chi connectivity index (χ1v) is 9.08. The van der Waals surface area contributed by atoms with Crippen LogP contribution in [0.15, 0.2) is 42.5 Å². The predicted molar refractivity (Wildman–Crippen MR) is 100 cm³/mol. The molecule has 138 valence electrons. The van der Waals surface area contributed by atoms with Crippen LogP contribution in [0.1, 0.15) is 34.8 Å². The summed E-state index contributed by atoms with van der Waals surface area (Å²) in [5, 5.41) is 3.31. The molecular formula is C20H22ClFN2O2. The van der Waals surface area contributed by atoms with E-state index in [1.165, 1.54) is 6.07 Å². The smallest absolute Gasteiger partial charge is 0.251 e. The van der Waals surface area contributed by atoms with Crippen LogP contribution in [0.2, 0.25) is 5.02 Å². The standard InChI is InChI=1S/C20H22ClFN2O2/c1-26-15-9-7-14(8-10-15)20(25)23-13-18(24-11-2-3-12-24)19-16(21)5-4-6-17(19)22/h4-10,18H,2-3,11-13H2,1H3,(H,23,25). The highest BCUT2D eigenvalue weighted by atomic mass is 35.5. The van der Waals surface area contributed by atoms with Crippen molar-refractivity contribution in [2.45, 2.75) is 18.9 Å². The second-order valence-electron chi connectivity index (χ2n) is 6.33. The van der Waals surface area contributed by atoms with Gasteiger partial charge in [-0.15, -0.1) is 0 Å². The number of amides is 1. The minimum Gasteiger partial charge on any atom is -0.497 e. The fourth-order valence-electron chi connectivity index (χ4n) is 3.33. The van der Waals surface area contributed by atoms with Crippen LogP contribution in [-0.4, -0.2) is 37.6 Å². The summed E-state index contributed by atoms with van der Waals surface area (Å²) in [7, 11) is 1.58. The summed E-state index contributed by atoms with van der Waals surface area (Å²) in [5.41, 5.74) is 0.983. The molecule has 3 rings (SSSR count). The van der Waals surface area contributed by atoms with Gasteiger partial charge in [0.15, 0.2) is 0 Å². The normalized spacial score (nSPS) is 15.7. The van der Waals surface area contributed by atoms with Crippen LogP contribution < -0.4 is 10.1 Å². The van der Waals surface area contributed by atoms with Crippen molar-refractivity contribution in [3.8, 4) is 5.75 Å². The van der Waals surface area contributed by atoms with Crippen LogP contribution in [0, 0.1) is 5.82 Å². The average Bonchev–Trinajstić information content (AvgIpc) is 3.18. The summed E-state index contributed by atoms with van der Waals surface area (Å²) < 4.78 is 19.6. The van der Waals surface area contributed by atoms with Crippen molar-refractivity contribution in [3.63, 3.8) is 0 Å². The lowest BCUT2D eigenvalue weighted by Gasteiger charge is -2.29. The second kappa shape index (κ2) is 8.52. The van der Waals surface area contributed by atoms with Gasteiger partial charge in [-0.1, -0.05) is 17.7 Å². The molecule has 6 heteroatoms. The number of hydrogen-bond donors (Lipinski definition) is 1. The van der Waals surface area contributed by atoms with E-state index in [0.717, 1.165) is 25.9 Å². The van der Waals surface area contributed by atoms with Crippen LogP contribution in [0.5, 0.6) is 5.75 Å². The maximum Gasteiger partial charge on any atom is 0.251 e. The van der Waals surface area contributed by atoms with Gasteiger partial charge in [0, 0.05) is 22.7 Å². The number of hydrogen-bond acceptors (Lipinski definition) is 3. The largest absolute Gasteiger partial charge is 0.497 e. The molecule has 26 heavy (non-hydrogen) atoms. The molecule has 1 N–H and O–H groups in total. The Morgan fingerprint density at radius 1 is 1.23 bits per heavy atom. The summed E-state index contributed by atoms with van der Waals surface area (Å²) in [6.07, 6.45) is 2.13. The van der Waals surface area contributed by atoms with Gasteiger partial charge in [0.25, 0.3) is 5.91 Å². The van der Waals surface area contributed by atoms with Gasteiger partial charge in [-0.05, 0) is 62.3 Å². The molecule has 0 spiro atoms. The molecule has 1 atom stereocenters. The second-order valence-corrected chi connectivity index (χ2v) is 6.74. The zero-order chi connectivity index (χ0) is 18.5. The Kier molecular flexibility index (Phi) is 6.12. The van der Waals surface area contributed by atoms with Crippen LogP contribution >= 0.6 is 11.6 Å². The highest BCUT2D eigenvalue weighted by Crippen LogP contribution is 2.32. The van der Waals surface area contributed by atoms with Crippen LogP contribution in [0.25, 0.3) is 0 Å². The van der Waals surface area contributed by atoms with Crippen molar-refractivity contribution in [2.75, 3.05) is 26.7 Å². The maximum absolute atomic E-state index is 14.4. The zero-order valence-electron chi connectivity index (χ0n) is 14.7. The number of rotatable bonds is 6. The lowest BCUT2D eigenvalue weighted by atomic mass is 10.0. The van der Waals surface area contributed by atoms with Crippen molar-refractivity contribution in [1.82, 2.24) is 10.2 Å². The lowest BCUT2D eigenvalue weighted by Crippen LogP contribution is -2.37. The Hall–Kier alpha value is -2.11. The van der Waals surface area contributed by atoms with Gasteiger partial charge in [0.1, 0.15) is 11.6 Å². The molecule has 1 aliphatic heterocycles. The van der Waals surface area contributed by atoms with Crippen molar-refractivity contribution < 1.29 is 13.9 Å². The quantitative estimate of drug-likeness (QED) is 0.826. The number of benzene rings is 2. The Morgan fingerprint density at radius 2 is 1.92 bits per heavy atom. The molecule has 2 aromatic rings. The average molecular weight is 377 g/mol. The van der Waals surface area contributed by atoms with Gasteiger partial charge in [0.2, 0.25) is 0 Å². The first-order chi connectivity index (χ1) is 12.6. The van der Waals surface area contributed by atoms with E-state index in [4.69, 9.17) is 16.3 Å². The Morgan fingerprint density at radius 3 is 2.54 bits per heavy atom. The third-order valence-electron chi connectivity index (χ3n) is 4.72. The van der Waals surface area contributed by atoms with E-state index < -0.39 is 0 Å². The summed E-state index contributed by atoms with van der Waals surface area (Å²) in [4.78, 5) is 14.6. The fraction of sp³-hybridized carbons (Fsp3) is 0.350. The van der Waals surface area contributed by atoms with E-state index in [0.29, 0.717) is 28.4 Å². The Labute approximate surface area is 157 Å². The summed E-state index contributed by atoms with van der Waals surface area (Å²) in [5.74, 6) is 0.145. The molecule has 2 aromatic carbocycles. The summed E-state index contributed by atoms with van der Waals surface area (Å²) in [6, 6.07) is 11.3. The van der Waals surface area contributed by atoms with Crippen LogP contribution in [0.4, 0.5) is 4.39 Å². The van der Waals surface area contributed by atoms with Crippen molar-refractivity contribution >= 4 is 17.5 Å². The summed E-state index contributed by atoms with van der Waals surface area (Å²) >= 11 is 6.28. The Bertz CT molecular complexity index is 741. The lowest BCUT2D eigenvalue weighted by molar-refractivity contribution is 0.0937. The number of nitrogens with one attached hydrogen (secondary N) is 1. The zero-order valence-corrected chi connectivity index (χ0v) is 15.4. The van der Waals surface area contributed by atoms with Gasteiger partial charge in [-0.2, -0.15) is 0 Å². The van der Waals surface area contributed by atoms with Gasteiger partial charge in [-0.3, -0.25) is 9.69 Å². The van der Waals surface area contributed by atoms with Gasteiger partial charge in [0.05, 0.1) is 13.2 Å². The van der Waals surface area contributed by atoms with Gasteiger partial charge >= 0.3 is 0 Å². The van der Waals surface area contributed by atoms with E-state index in [1.807, 2.05) is 0 Å². The topological polar surface area (TPSA) is 41.6 Å². The minimum absolute atomic E-state index is 0.204. The number of nitrogens with zero attached hydrogens (tertiary/aromatic N) is 1. The van der Waals surface area contributed by atoms with E-state index in [-0.39, 0.29) is 17.8 Å². The number of likely N-dealkylation sites (tertiary alicyclic amines) is 1. The van der Waals surface area contributed by atoms with Crippen LogP contribution in [0.3, 0.4) is 0 Å². The monoisotopic (exact) mass is 376 g/mol. The summed E-state index contributed by atoms with van der Waals surface area (Å²) in [6.45, 7) is 2.03. The highest BCUT2D eigenvalue weighted by molar-refractivity contribution is 6.31. The van der Waals surface area contributed by atoms with Crippen molar-refractivity contribution in [1.29, 1.82) is 0 Å². The molecule has 1 amide bonds. The third-order valence-corrected chi connectivity index (χ3v) is 5.05. The molecule has 1 aliphatic rings. The van der Waals surface area contributed by atoms with Gasteiger partial charge < -0.3 is 10.1 Å². The highest BCUT2D eigenvalue weighted by Gasteiger charge is 2.28. The predicted octanol–water partition coefficient (Wildman–Crippen LogP) is 4.05. The first-order valence-electron chi connectivity index (χ1n) is 8.70. The molecular weight excluding hydrogens is 355 g/mol. The molecule has 1 unspecified atom stereocenters. The number of carbonyl (C=O) groups excluding carboxylic acids is 1. The molecule has 1 saturated heterocycles. The molecule has 0 saturated carbocycles. The number of ether oxygens (including phenoxy) is 1. The number of halogens is 2. The molecule has 0 aromatic heterocycles. The first kappa shape index (κ1) is 18.7. The Balaban J connectivity index is 1.76. The van der Waals surface area contributed by atoms with E-state index in [9.17, 15) is 9.18 Å². The van der Waals surface area contributed by atoms with Crippen molar-refractivity contribution in [3.05, 3.63) is 64.4 Å². The van der Waals surface area contributed by atoms with Crippen LogP contribution in [-0.2, 0) is 0 Å². The number of methoxy groups -OCH3 is 1. The molecule has 0 bridgehead atoms. The fourth-order valence-corrected chi connectivity index (χ4v) is 3.62. The molecule has 1 fully saturated rings. The van der Waals surface area contributed by atoms with E-state index in [2.05, 4.69) is 10.2 Å². The van der Waals surface area contributed by atoms with Gasteiger partial charge in [-0.25, -0.2) is 4.39 Å². The molecule has 4 nitrogen and oxygen atoms in total.